The van der Waals surface area contributed by atoms with Crippen LogP contribution in [0.4, 0.5) is 0 Å². The lowest BCUT2D eigenvalue weighted by molar-refractivity contribution is -0.144. The Labute approximate surface area is 95.6 Å². The minimum absolute atomic E-state index is 0.292. The Hall–Kier alpha value is -1.14. The SMILES string of the molecule is CCOC(=O)C1C=C2N=CC(Br)=CN2N1. The van der Waals surface area contributed by atoms with Crippen LogP contribution in [0.2, 0.25) is 0 Å². The molecule has 80 valence electrons. The van der Waals surface area contributed by atoms with Crippen molar-refractivity contribution in [2.24, 2.45) is 4.99 Å². The van der Waals surface area contributed by atoms with Crippen molar-refractivity contribution in [3.8, 4) is 0 Å². The second kappa shape index (κ2) is 4.16. The zero-order valence-electron chi connectivity index (χ0n) is 8.11. The molecule has 0 fully saturated rings. The Bertz CT molecular complexity index is 376. The van der Waals surface area contributed by atoms with Crippen molar-refractivity contribution >= 4 is 28.1 Å². The standard InChI is InChI=1S/C9H10BrN3O2/c1-2-15-9(14)7-3-8-11-4-6(10)5-13(8)12-7/h3-5,7,12H,2H2,1H3. The summed E-state index contributed by atoms with van der Waals surface area (Å²) in [5.41, 5.74) is 2.95. The topological polar surface area (TPSA) is 53.9 Å². The molecule has 0 saturated carbocycles. The van der Waals surface area contributed by atoms with Gasteiger partial charge in [-0.1, -0.05) is 0 Å². The third kappa shape index (κ3) is 2.10. The highest BCUT2D eigenvalue weighted by Gasteiger charge is 2.28. The molecule has 0 aliphatic carbocycles. The Morgan fingerprint density at radius 3 is 3.33 bits per heavy atom. The maximum atomic E-state index is 11.4. The number of halogens is 1. The third-order valence-electron chi connectivity index (χ3n) is 1.95. The maximum Gasteiger partial charge on any atom is 0.329 e. The van der Waals surface area contributed by atoms with Crippen LogP contribution in [0.15, 0.2) is 27.6 Å². The van der Waals surface area contributed by atoms with Gasteiger partial charge < -0.3 is 4.74 Å². The molecular weight excluding hydrogens is 262 g/mol. The molecule has 0 bridgehead atoms. The molecule has 0 spiro atoms. The minimum Gasteiger partial charge on any atom is -0.465 e. The summed E-state index contributed by atoms with van der Waals surface area (Å²) in [5, 5.41) is 1.69. The maximum absolute atomic E-state index is 11.4. The number of carbonyl (C=O) groups excluding carboxylic acids is 1. The molecule has 0 aromatic rings. The van der Waals surface area contributed by atoms with Crippen LogP contribution in [-0.4, -0.2) is 29.8 Å². The smallest absolute Gasteiger partial charge is 0.329 e. The third-order valence-corrected chi connectivity index (χ3v) is 2.36. The Kier molecular flexibility index (Phi) is 2.88. The first kappa shape index (κ1) is 10.4. The predicted octanol–water partition coefficient (Wildman–Crippen LogP) is 0.900. The van der Waals surface area contributed by atoms with E-state index in [1.165, 1.54) is 0 Å². The van der Waals surface area contributed by atoms with E-state index in [1.807, 2.05) is 0 Å². The minimum atomic E-state index is -0.452. The van der Waals surface area contributed by atoms with Gasteiger partial charge in [-0.05, 0) is 28.9 Å². The van der Waals surface area contributed by atoms with Crippen LogP contribution in [0.1, 0.15) is 6.92 Å². The summed E-state index contributed by atoms with van der Waals surface area (Å²) in [7, 11) is 0. The lowest BCUT2D eigenvalue weighted by atomic mass is 10.3. The highest BCUT2D eigenvalue weighted by Crippen LogP contribution is 2.20. The van der Waals surface area contributed by atoms with Crippen molar-refractivity contribution in [3.63, 3.8) is 0 Å². The number of fused-ring (bicyclic) bond motifs is 1. The van der Waals surface area contributed by atoms with Crippen molar-refractivity contribution in [2.45, 2.75) is 13.0 Å². The summed E-state index contributed by atoms with van der Waals surface area (Å²) in [5.74, 6) is 0.412. The number of allylic oxidation sites excluding steroid dienone is 1. The van der Waals surface area contributed by atoms with Crippen molar-refractivity contribution in [1.82, 2.24) is 10.4 Å². The first-order chi connectivity index (χ1) is 7.20. The van der Waals surface area contributed by atoms with Crippen molar-refractivity contribution in [1.29, 1.82) is 0 Å². The van der Waals surface area contributed by atoms with Gasteiger partial charge in [0.05, 0.1) is 11.1 Å². The number of carbonyl (C=O) groups is 1. The van der Waals surface area contributed by atoms with E-state index in [4.69, 9.17) is 4.74 Å². The summed E-state index contributed by atoms with van der Waals surface area (Å²) in [6.07, 6.45) is 5.21. The molecule has 2 rings (SSSR count). The molecule has 1 atom stereocenters. The zero-order valence-corrected chi connectivity index (χ0v) is 9.69. The van der Waals surface area contributed by atoms with E-state index in [-0.39, 0.29) is 5.97 Å². The van der Waals surface area contributed by atoms with Gasteiger partial charge in [-0.25, -0.2) is 15.2 Å². The van der Waals surface area contributed by atoms with Crippen LogP contribution in [0.3, 0.4) is 0 Å². The summed E-state index contributed by atoms with van der Waals surface area (Å²) < 4.78 is 5.75. The number of esters is 1. The molecule has 0 aromatic carbocycles. The van der Waals surface area contributed by atoms with Crippen LogP contribution in [0.5, 0.6) is 0 Å². The van der Waals surface area contributed by atoms with Crippen LogP contribution in [0, 0.1) is 0 Å². The van der Waals surface area contributed by atoms with Crippen molar-refractivity contribution in [2.75, 3.05) is 6.61 Å². The van der Waals surface area contributed by atoms with Gasteiger partial charge in [0, 0.05) is 12.4 Å². The zero-order chi connectivity index (χ0) is 10.8. The molecule has 5 nitrogen and oxygen atoms in total. The van der Waals surface area contributed by atoms with E-state index >= 15 is 0 Å². The lowest BCUT2D eigenvalue weighted by Crippen LogP contribution is -2.39. The monoisotopic (exact) mass is 271 g/mol. The average Bonchev–Trinajstić information content (AvgIpc) is 2.60. The Balaban J connectivity index is 2.09. The molecule has 1 N–H and O–H groups in total. The molecule has 2 heterocycles. The number of hydrogen-bond donors (Lipinski definition) is 1. The average molecular weight is 272 g/mol. The van der Waals surface area contributed by atoms with E-state index in [0.29, 0.717) is 12.4 Å². The van der Waals surface area contributed by atoms with Gasteiger partial charge in [0.25, 0.3) is 0 Å². The van der Waals surface area contributed by atoms with Crippen LogP contribution >= 0.6 is 15.9 Å². The van der Waals surface area contributed by atoms with Crippen LogP contribution < -0.4 is 5.43 Å². The Morgan fingerprint density at radius 2 is 2.60 bits per heavy atom. The summed E-state index contributed by atoms with van der Waals surface area (Å²) in [6.45, 7) is 2.16. The number of nitrogens with one attached hydrogen (secondary N) is 1. The van der Waals surface area contributed by atoms with E-state index in [0.717, 1.165) is 4.48 Å². The van der Waals surface area contributed by atoms with E-state index < -0.39 is 6.04 Å². The number of hydrazine groups is 1. The quantitative estimate of drug-likeness (QED) is 0.759. The number of rotatable bonds is 2. The van der Waals surface area contributed by atoms with Crippen molar-refractivity contribution in [3.05, 3.63) is 22.6 Å². The number of nitrogens with zero attached hydrogens (tertiary/aromatic N) is 2. The van der Waals surface area contributed by atoms with Gasteiger partial charge in [-0.2, -0.15) is 0 Å². The number of hydrogen-bond acceptors (Lipinski definition) is 5. The summed E-state index contributed by atoms with van der Waals surface area (Å²) in [6, 6.07) is -0.452. The van der Waals surface area contributed by atoms with Gasteiger partial charge in [0.1, 0.15) is 11.9 Å². The fourth-order valence-corrected chi connectivity index (χ4v) is 1.64. The highest BCUT2D eigenvalue weighted by molar-refractivity contribution is 9.12. The number of ether oxygens (including phenoxy) is 1. The molecule has 15 heavy (non-hydrogen) atoms. The number of aliphatic imine (C=N–C) groups is 1. The molecule has 0 amide bonds. The highest BCUT2D eigenvalue weighted by atomic mass is 79.9. The Morgan fingerprint density at radius 1 is 1.80 bits per heavy atom. The molecule has 0 saturated heterocycles. The second-order valence-corrected chi connectivity index (χ2v) is 3.94. The molecule has 2 aliphatic heterocycles. The fraction of sp³-hybridized carbons (Fsp3) is 0.333. The molecule has 0 radical (unpaired) electrons. The molecule has 2 aliphatic rings. The van der Waals surface area contributed by atoms with Gasteiger partial charge in [-0.3, -0.25) is 5.01 Å². The predicted molar refractivity (Wildman–Crippen MR) is 59.0 cm³/mol. The fourth-order valence-electron chi connectivity index (χ4n) is 1.33. The molecule has 6 heteroatoms. The first-order valence-electron chi connectivity index (χ1n) is 4.56. The molecule has 0 aromatic heterocycles. The second-order valence-electron chi connectivity index (χ2n) is 3.03. The lowest BCUT2D eigenvalue weighted by Gasteiger charge is -2.19. The molecule has 1 unspecified atom stereocenters. The van der Waals surface area contributed by atoms with Gasteiger partial charge >= 0.3 is 5.97 Å². The van der Waals surface area contributed by atoms with E-state index in [2.05, 4.69) is 26.3 Å². The normalized spacial score (nSPS) is 23.3. The molecular formula is C9H10BrN3O2. The van der Waals surface area contributed by atoms with Crippen molar-refractivity contribution < 1.29 is 9.53 Å². The first-order valence-corrected chi connectivity index (χ1v) is 5.35. The van der Waals surface area contributed by atoms with Gasteiger partial charge in [0.15, 0.2) is 0 Å². The van der Waals surface area contributed by atoms with Crippen LogP contribution in [-0.2, 0) is 9.53 Å². The van der Waals surface area contributed by atoms with E-state index in [9.17, 15) is 4.79 Å². The van der Waals surface area contributed by atoms with Crippen LogP contribution in [0.25, 0.3) is 0 Å². The van der Waals surface area contributed by atoms with E-state index in [1.54, 1.807) is 30.4 Å². The summed E-state index contributed by atoms with van der Waals surface area (Å²) in [4.78, 5) is 15.6. The largest absolute Gasteiger partial charge is 0.465 e. The summed E-state index contributed by atoms with van der Waals surface area (Å²) >= 11 is 3.30. The van der Waals surface area contributed by atoms with Gasteiger partial charge in [-0.15, -0.1) is 0 Å². The van der Waals surface area contributed by atoms with Gasteiger partial charge in [0.2, 0.25) is 0 Å².